The number of amides is 1. The molecule has 2 aromatic rings. The number of alkyl halides is 3. The van der Waals surface area contributed by atoms with Gasteiger partial charge in [-0.1, -0.05) is 0 Å². The molecule has 1 aromatic heterocycles. The third-order valence-corrected chi connectivity index (χ3v) is 4.20. The van der Waals surface area contributed by atoms with Gasteiger partial charge in [0.15, 0.2) is 5.95 Å². The number of nitrogens with two attached hydrogens (primary N) is 1. The Hall–Kier alpha value is -1.87. The fourth-order valence-electron chi connectivity index (χ4n) is 2.53. The van der Waals surface area contributed by atoms with Crippen molar-refractivity contribution < 1.29 is 22.4 Å². The number of anilines is 1. The summed E-state index contributed by atoms with van der Waals surface area (Å²) >= 11 is 3.10. The molecule has 1 atom stereocenters. The van der Waals surface area contributed by atoms with Crippen LogP contribution in [0.15, 0.2) is 34.8 Å². The highest BCUT2D eigenvalue weighted by molar-refractivity contribution is 9.10. The molecule has 0 saturated carbocycles. The number of halogens is 5. The van der Waals surface area contributed by atoms with Crippen LogP contribution < -0.4 is 10.6 Å². The number of carbonyl (C=O) groups is 1. The minimum Gasteiger partial charge on any atom is -0.309 e. The Morgan fingerprint density at radius 2 is 1.83 bits per heavy atom. The molecule has 23 heavy (non-hydrogen) atoms. The summed E-state index contributed by atoms with van der Waals surface area (Å²) in [7, 11) is 0. The third-order valence-electron chi connectivity index (χ3n) is 3.60. The Kier molecular flexibility index (Phi) is 3.72. The zero-order valence-corrected chi connectivity index (χ0v) is 13.0. The van der Waals surface area contributed by atoms with Gasteiger partial charge in [-0.3, -0.25) is 9.36 Å². The van der Waals surface area contributed by atoms with Crippen molar-refractivity contribution >= 4 is 27.5 Å². The second-order valence-electron chi connectivity index (χ2n) is 5.06. The largest absolute Gasteiger partial charge is 0.416 e. The van der Waals surface area contributed by atoms with Crippen LogP contribution in [-0.4, -0.2) is 17.0 Å². The summed E-state index contributed by atoms with van der Waals surface area (Å²) in [6.45, 7) is -0.0464. The second kappa shape index (κ2) is 5.34. The maximum atomic E-state index is 13.8. The highest BCUT2D eigenvalue weighted by Gasteiger charge is 2.35. The van der Waals surface area contributed by atoms with Crippen molar-refractivity contribution in [3.8, 4) is 0 Å². The van der Waals surface area contributed by atoms with Gasteiger partial charge < -0.3 is 10.6 Å². The Labute approximate surface area is 136 Å². The highest BCUT2D eigenvalue weighted by atomic mass is 79.9. The lowest BCUT2D eigenvalue weighted by Gasteiger charge is -2.33. The first-order valence-corrected chi connectivity index (χ1v) is 7.30. The van der Waals surface area contributed by atoms with E-state index in [9.17, 15) is 22.4 Å². The maximum Gasteiger partial charge on any atom is 0.416 e. The molecule has 2 heterocycles. The minimum atomic E-state index is -4.46. The number of hydrogen-bond donors (Lipinski definition) is 1. The van der Waals surface area contributed by atoms with Gasteiger partial charge in [0.05, 0.1) is 16.6 Å². The predicted molar refractivity (Wildman–Crippen MR) is 78.4 cm³/mol. The van der Waals surface area contributed by atoms with Crippen LogP contribution in [-0.2, 0) is 6.18 Å². The van der Waals surface area contributed by atoms with Crippen molar-refractivity contribution in [1.82, 2.24) is 4.57 Å². The van der Waals surface area contributed by atoms with Crippen molar-refractivity contribution in [2.45, 2.75) is 12.3 Å². The predicted octanol–water partition coefficient (Wildman–Crippen LogP) is 3.53. The van der Waals surface area contributed by atoms with Gasteiger partial charge in [0.25, 0.3) is 5.91 Å². The van der Waals surface area contributed by atoms with Crippen LogP contribution >= 0.6 is 15.9 Å². The number of fused-ring (bicyclic) bond motifs is 1. The number of benzene rings is 1. The van der Waals surface area contributed by atoms with Crippen molar-refractivity contribution in [3.05, 3.63) is 52.0 Å². The molecule has 1 aliphatic heterocycles. The van der Waals surface area contributed by atoms with Crippen LogP contribution in [0.2, 0.25) is 0 Å². The Balaban J connectivity index is 1.99. The molecule has 0 aliphatic carbocycles. The normalized spacial score (nSPS) is 18.3. The molecule has 4 nitrogen and oxygen atoms in total. The molecule has 2 N–H and O–H groups in total. The number of nitrogens with zero attached hydrogens (tertiary/aromatic N) is 2. The highest BCUT2D eigenvalue weighted by Crippen LogP contribution is 2.34. The first-order chi connectivity index (χ1) is 10.7. The van der Waals surface area contributed by atoms with Gasteiger partial charge in [-0.05, 0) is 40.2 Å². The van der Waals surface area contributed by atoms with Crippen LogP contribution in [0.4, 0.5) is 23.2 Å². The molecule has 1 amide bonds. The Morgan fingerprint density at radius 1 is 1.22 bits per heavy atom. The summed E-state index contributed by atoms with van der Waals surface area (Å²) in [5.41, 5.74) is 5.35. The lowest BCUT2D eigenvalue weighted by atomic mass is 10.1. The van der Waals surface area contributed by atoms with E-state index < -0.39 is 29.8 Å². The van der Waals surface area contributed by atoms with Crippen LogP contribution in [0.5, 0.6) is 0 Å². The van der Waals surface area contributed by atoms with Crippen LogP contribution in [0.25, 0.3) is 0 Å². The number of hydrogen-bond acceptors (Lipinski definition) is 2. The number of carbonyl (C=O) groups excluding carboxylic acids is 1. The standard InChI is InChI=1S/C14H10BrF4N3O/c15-9-5-10(16)22-11(20)6-21(13(23)12(9)22)8-3-1-7(2-4-8)14(17,18)19/h1-5,11H,6,20H2/t11-/m1/s1. The van der Waals surface area contributed by atoms with Gasteiger partial charge in [0.1, 0.15) is 11.9 Å². The molecule has 122 valence electrons. The third kappa shape index (κ3) is 2.63. The lowest BCUT2D eigenvalue weighted by Crippen LogP contribution is -2.46. The molecule has 0 radical (unpaired) electrons. The van der Waals surface area contributed by atoms with Crippen LogP contribution in [0, 0.1) is 5.95 Å². The first-order valence-electron chi connectivity index (χ1n) is 6.51. The van der Waals surface area contributed by atoms with Crippen molar-refractivity contribution in [3.63, 3.8) is 0 Å². The summed E-state index contributed by atoms with van der Waals surface area (Å²) in [6.07, 6.45) is -5.29. The fourth-order valence-corrected chi connectivity index (χ4v) is 3.08. The Bertz CT molecular complexity index is 770. The van der Waals surface area contributed by atoms with Crippen LogP contribution in [0.3, 0.4) is 0 Å². The van der Waals surface area contributed by atoms with E-state index in [-0.39, 0.29) is 22.4 Å². The molecular weight excluding hydrogens is 382 g/mol. The second-order valence-corrected chi connectivity index (χ2v) is 5.92. The summed E-state index contributed by atoms with van der Waals surface area (Å²) in [6, 6.07) is 5.28. The number of rotatable bonds is 1. The topological polar surface area (TPSA) is 51.3 Å². The van der Waals surface area contributed by atoms with Crippen molar-refractivity contribution in [2.75, 3.05) is 11.4 Å². The molecule has 1 aromatic carbocycles. The first kappa shape index (κ1) is 16.0. The van der Waals surface area contributed by atoms with E-state index in [1.54, 1.807) is 0 Å². The van der Waals surface area contributed by atoms with Crippen LogP contribution in [0.1, 0.15) is 22.2 Å². The summed E-state index contributed by atoms with van der Waals surface area (Å²) in [5, 5.41) is 0. The zero-order chi connectivity index (χ0) is 16.9. The van der Waals surface area contributed by atoms with E-state index in [0.717, 1.165) is 22.8 Å². The number of aromatic nitrogens is 1. The van der Waals surface area contributed by atoms with E-state index in [2.05, 4.69) is 15.9 Å². The molecular formula is C14H10BrF4N3O. The van der Waals surface area contributed by atoms with E-state index in [1.807, 2.05) is 0 Å². The molecule has 1 aliphatic rings. The zero-order valence-electron chi connectivity index (χ0n) is 11.4. The fraction of sp³-hybridized carbons (Fsp3) is 0.214. The molecule has 0 bridgehead atoms. The minimum absolute atomic E-state index is 0.0288. The smallest absolute Gasteiger partial charge is 0.309 e. The molecule has 9 heteroatoms. The van der Waals surface area contributed by atoms with E-state index in [0.29, 0.717) is 0 Å². The Morgan fingerprint density at radius 3 is 2.39 bits per heavy atom. The van der Waals surface area contributed by atoms with Gasteiger partial charge in [-0.25, -0.2) is 0 Å². The summed E-state index contributed by atoms with van der Waals surface area (Å²) in [5.74, 6) is -1.19. The lowest BCUT2D eigenvalue weighted by molar-refractivity contribution is -0.137. The van der Waals surface area contributed by atoms with Crippen molar-refractivity contribution in [1.29, 1.82) is 0 Å². The van der Waals surface area contributed by atoms with E-state index in [4.69, 9.17) is 5.73 Å². The molecule has 0 fully saturated rings. The average molecular weight is 392 g/mol. The molecule has 0 spiro atoms. The summed E-state index contributed by atoms with van der Waals surface area (Å²) in [4.78, 5) is 13.7. The van der Waals surface area contributed by atoms with Gasteiger partial charge >= 0.3 is 6.18 Å². The maximum absolute atomic E-state index is 13.8. The van der Waals surface area contributed by atoms with Gasteiger partial charge in [-0.15, -0.1) is 0 Å². The molecule has 0 unspecified atom stereocenters. The summed E-state index contributed by atoms with van der Waals surface area (Å²) < 4.78 is 52.9. The van der Waals surface area contributed by atoms with Gasteiger partial charge in [0.2, 0.25) is 0 Å². The van der Waals surface area contributed by atoms with E-state index in [1.165, 1.54) is 17.0 Å². The van der Waals surface area contributed by atoms with Crippen molar-refractivity contribution in [2.24, 2.45) is 5.73 Å². The SMILES string of the molecule is N[C@H]1CN(c2ccc(C(F)(F)F)cc2)C(=O)c2c(Br)cc(F)n21. The monoisotopic (exact) mass is 391 g/mol. The molecule has 3 rings (SSSR count). The molecule has 0 saturated heterocycles. The van der Waals surface area contributed by atoms with Gasteiger partial charge in [-0.2, -0.15) is 17.6 Å². The quantitative estimate of drug-likeness (QED) is 0.756. The van der Waals surface area contributed by atoms with E-state index >= 15 is 0 Å². The van der Waals surface area contributed by atoms with Gasteiger partial charge in [0, 0.05) is 11.8 Å². The average Bonchev–Trinajstić information content (AvgIpc) is 2.77.